The minimum Gasteiger partial charge on any atom is -0.507 e. The molecule has 0 radical (unpaired) electrons. The summed E-state index contributed by atoms with van der Waals surface area (Å²) in [4.78, 5) is 13.5. The van der Waals surface area contributed by atoms with Gasteiger partial charge in [0.25, 0.3) is 0 Å². The number of hydrogen-bond donors (Lipinski definition) is 1. The molecule has 0 bridgehead atoms. The van der Waals surface area contributed by atoms with Gasteiger partial charge in [-0.2, -0.15) is 0 Å². The van der Waals surface area contributed by atoms with E-state index in [9.17, 15) is 9.90 Å². The Labute approximate surface area is 209 Å². The van der Waals surface area contributed by atoms with Gasteiger partial charge in [-0.15, -0.1) is 0 Å². The molecule has 33 heavy (non-hydrogen) atoms. The summed E-state index contributed by atoms with van der Waals surface area (Å²) in [5, 5.41) is 12.0. The van der Waals surface area contributed by atoms with Crippen molar-refractivity contribution >= 4 is 42.8 Å². The van der Waals surface area contributed by atoms with Crippen LogP contribution in [0.3, 0.4) is 0 Å². The maximum absolute atomic E-state index is 13.5. The SMILES string of the molecule is COc1ccc(-c2oc3c(CC=C(C)C)c(OCCBr)cc(O)c3c(=O)c2OCCBr)cc1. The standard InChI is InChI=1S/C25H26Br2O6/c1-15(2)4-9-18-20(31-12-10-26)14-19(28)21-22(29)25(32-13-11-27)23(33-24(18)21)16-5-7-17(30-3)8-6-16/h4-8,14,28H,9-13H2,1-3H3. The zero-order valence-electron chi connectivity index (χ0n) is 18.7. The van der Waals surface area contributed by atoms with Crippen LogP contribution in [0.1, 0.15) is 19.4 Å². The summed E-state index contributed by atoms with van der Waals surface area (Å²) in [6, 6.07) is 8.63. The summed E-state index contributed by atoms with van der Waals surface area (Å²) in [6.07, 6.45) is 2.50. The lowest BCUT2D eigenvalue weighted by molar-refractivity contribution is 0.331. The van der Waals surface area contributed by atoms with E-state index in [1.807, 2.05) is 19.9 Å². The molecular formula is C25H26Br2O6. The van der Waals surface area contributed by atoms with Gasteiger partial charge < -0.3 is 23.7 Å². The third-order valence-corrected chi connectivity index (χ3v) is 5.54. The van der Waals surface area contributed by atoms with Crippen molar-refractivity contribution in [3.05, 3.63) is 57.8 Å². The zero-order valence-corrected chi connectivity index (χ0v) is 21.9. The molecule has 176 valence electrons. The second-order valence-electron chi connectivity index (χ2n) is 7.45. The summed E-state index contributed by atoms with van der Waals surface area (Å²) in [5.41, 5.74) is 2.28. The van der Waals surface area contributed by atoms with Gasteiger partial charge in [-0.25, -0.2) is 0 Å². The first kappa shape index (κ1) is 25.2. The van der Waals surface area contributed by atoms with E-state index in [0.717, 1.165) is 5.57 Å². The normalized spacial score (nSPS) is 10.8. The van der Waals surface area contributed by atoms with Crippen LogP contribution in [0.15, 0.2) is 51.2 Å². The summed E-state index contributed by atoms with van der Waals surface area (Å²) < 4.78 is 23.2. The van der Waals surface area contributed by atoms with Gasteiger partial charge in [-0.05, 0) is 44.5 Å². The van der Waals surface area contributed by atoms with Gasteiger partial charge in [0.1, 0.15) is 28.2 Å². The Balaban J connectivity index is 2.36. The molecule has 1 N–H and O–H groups in total. The van der Waals surface area contributed by atoms with Crippen molar-refractivity contribution in [1.82, 2.24) is 0 Å². The molecule has 0 saturated heterocycles. The lowest BCUT2D eigenvalue weighted by Gasteiger charge is -2.16. The number of allylic oxidation sites excluding steroid dienone is 2. The topological polar surface area (TPSA) is 78.1 Å². The Morgan fingerprint density at radius 2 is 1.76 bits per heavy atom. The van der Waals surface area contributed by atoms with E-state index in [0.29, 0.717) is 46.3 Å². The van der Waals surface area contributed by atoms with Crippen molar-refractivity contribution in [2.45, 2.75) is 20.3 Å². The molecule has 1 aromatic heterocycles. The molecule has 0 unspecified atom stereocenters. The summed E-state index contributed by atoms with van der Waals surface area (Å²) >= 11 is 6.68. The third-order valence-electron chi connectivity index (χ3n) is 4.89. The fourth-order valence-electron chi connectivity index (χ4n) is 3.34. The van der Waals surface area contributed by atoms with E-state index < -0.39 is 5.43 Å². The van der Waals surface area contributed by atoms with E-state index in [2.05, 4.69) is 31.9 Å². The number of fused-ring (bicyclic) bond motifs is 1. The molecule has 0 aliphatic heterocycles. The highest BCUT2D eigenvalue weighted by Crippen LogP contribution is 2.40. The molecule has 0 aliphatic carbocycles. The summed E-state index contributed by atoms with van der Waals surface area (Å²) in [7, 11) is 1.59. The molecule has 3 aromatic rings. The van der Waals surface area contributed by atoms with Crippen LogP contribution in [0.25, 0.3) is 22.3 Å². The molecule has 2 aromatic carbocycles. The highest BCUT2D eigenvalue weighted by atomic mass is 79.9. The van der Waals surface area contributed by atoms with Gasteiger partial charge in [-0.3, -0.25) is 4.79 Å². The number of benzene rings is 2. The molecule has 0 saturated carbocycles. The highest BCUT2D eigenvalue weighted by molar-refractivity contribution is 9.09. The van der Waals surface area contributed by atoms with Crippen molar-refractivity contribution < 1.29 is 23.7 Å². The number of methoxy groups -OCH3 is 1. The predicted octanol–water partition coefficient (Wildman–Crippen LogP) is 6.23. The van der Waals surface area contributed by atoms with Crippen LogP contribution in [0.4, 0.5) is 0 Å². The molecule has 8 heteroatoms. The van der Waals surface area contributed by atoms with Gasteiger partial charge in [0.15, 0.2) is 5.76 Å². The number of halogens is 2. The number of alkyl halides is 2. The first-order valence-corrected chi connectivity index (χ1v) is 12.7. The number of phenols is 1. The van der Waals surface area contributed by atoms with Crippen LogP contribution < -0.4 is 19.6 Å². The number of hydrogen-bond acceptors (Lipinski definition) is 6. The predicted molar refractivity (Wildman–Crippen MR) is 138 cm³/mol. The summed E-state index contributed by atoms with van der Waals surface area (Å²) in [5.74, 6) is 1.26. The van der Waals surface area contributed by atoms with E-state index in [1.165, 1.54) is 6.07 Å². The van der Waals surface area contributed by atoms with E-state index >= 15 is 0 Å². The van der Waals surface area contributed by atoms with Crippen molar-refractivity contribution in [2.24, 2.45) is 0 Å². The molecule has 1 heterocycles. The average Bonchev–Trinajstić information content (AvgIpc) is 2.81. The fraction of sp³-hybridized carbons (Fsp3) is 0.320. The van der Waals surface area contributed by atoms with Gasteiger partial charge in [0, 0.05) is 27.9 Å². The van der Waals surface area contributed by atoms with Crippen LogP contribution in [0.2, 0.25) is 0 Å². The fourth-order valence-corrected chi connectivity index (χ4v) is 3.66. The maximum atomic E-state index is 13.5. The maximum Gasteiger partial charge on any atom is 0.239 e. The molecule has 0 atom stereocenters. The Morgan fingerprint density at radius 3 is 2.36 bits per heavy atom. The van der Waals surface area contributed by atoms with Gasteiger partial charge in [0.2, 0.25) is 11.2 Å². The Kier molecular flexibility index (Phi) is 8.86. The average molecular weight is 582 g/mol. The van der Waals surface area contributed by atoms with Crippen molar-refractivity contribution in [1.29, 1.82) is 0 Å². The molecule has 3 rings (SSSR count). The minimum absolute atomic E-state index is 0.0460. The molecular weight excluding hydrogens is 556 g/mol. The first-order chi connectivity index (χ1) is 15.9. The second-order valence-corrected chi connectivity index (χ2v) is 9.04. The van der Waals surface area contributed by atoms with Crippen LogP contribution in [0.5, 0.6) is 23.0 Å². The lowest BCUT2D eigenvalue weighted by atomic mass is 10.0. The van der Waals surface area contributed by atoms with Gasteiger partial charge >= 0.3 is 0 Å². The third kappa shape index (κ3) is 5.73. The van der Waals surface area contributed by atoms with Crippen molar-refractivity contribution in [2.75, 3.05) is 31.0 Å². The zero-order chi connectivity index (χ0) is 24.0. The number of ether oxygens (including phenoxy) is 3. The van der Waals surface area contributed by atoms with Crippen LogP contribution in [-0.4, -0.2) is 36.1 Å². The quantitative estimate of drug-likeness (QED) is 0.226. The number of phenolic OH excluding ortho intramolecular Hbond substituents is 1. The Bertz CT molecular complexity index is 1190. The smallest absolute Gasteiger partial charge is 0.239 e. The number of aromatic hydroxyl groups is 1. The Morgan fingerprint density at radius 1 is 1.09 bits per heavy atom. The molecule has 0 fully saturated rings. The van der Waals surface area contributed by atoms with Crippen LogP contribution >= 0.6 is 31.9 Å². The molecule has 0 amide bonds. The lowest BCUT2D eigenvalue weighted by Crippen LogP contribution is -2.13. The van der Waals surface area contributed by atoms with E-state index in [1.54, 1.807) is 31.4 Å². The Hall–Kier alpha value is -2.45. The van der Waals surface area contributed by atoms with Crippen molar-refractivity contribution in [3.63, 3.8) is 0 Å². The summed E-state index contributed by atoms with van der Waals surface area (Å²) in [6.45, 7) is 4.64. The van der Waals surface area contributed by atoms with E-state index in [-0.39, 0.29) is 34.8 Å². The van der Waals surface area contributed by atoms with Crippen molar-refractivity contribution in [3.8, 4) is 34.3 Å². The van der Waals surface area contributed by atoms with Crippen LogP contribution in [0, 0.1) is 0 Å². The monoisotopic (exact) mass is 580 g/mol. The van der Waals surface area contributed by atoms with E-state index in [4.69, 9.17) is 18.6 Å². The minimum atomic E-state index is -0.439. The molecule has 6 nitrogen and oxygen atoms in total. The van der Waals surface area contributed by atoms with Crippen LogP contribution in [-0.2, 0) is 6.42 Å². The first-order valence-electron chi connectivity index (χ1n) is 10.4. The molecule has 0 spiro atoms. The van der Waals surface area contributed by atoms with Gasteiger partial charge in [-0.1, -0.05) is 43.5 Å². The highest BCUT2D eigenvalue weighted by Gasteiger charge is 2.24. The number of rotatable bonds is 10. The largest absolute Gasteiger partial charge is 0.507 e. The second kappa shape index (κ2) is 11.6. The molecule has 0 aliphatic rings. The van der Waals surface area contributed by atoms with Gasteiger partial charge in [0.05, 0.1) is 20.3 Å².